The molecule has 1 aliphatic heterocycles. The van der Waals surface area contributed by atoms with Gasteiger partial charge in [-0.05, 0) is 24.0 Å². The van der Waals surface area contributed by atoms with Crippen LogP contribution >= 0.6 is 0 Å². The third-order valence-electron chi connectivity index (χ3n) is 4.15. The summed E-state index contributed by atoms with van der Waals surface area (Å²) in [6.45, 7) is 3.47. The van der Waals surface area contributed by atoms with Gasteiger partial charge in [0.2, 0.25) is 0 Å². The first kappa shape index (κ1) is 17.4. The highest BCUT2D eigenvalue weighted by Crippen LogP contribution is 2.17. The average molecular weight is 310 g/mol. The zero-order valence-corrected chi connectivity index (χ0v) is 13.3. The van der Waals surface area contributed by atoms with Crippen LogP contribution in [0.3, 0.4) is 0 Å². The molecule has 5 heteroatoms. The second-order valence-electron chi connectivity index (χ2n) is 6.09. The Morgan fingerprint density at radius 1 is 1.00 bits per heavy atom. The number of hydrogen-bond donors (Lipinski definition) is 0. The Hall–Kier alpha value is -0.935. The van der Waals surface area contributed by atoms with Gasteiger partial charge >= 0.3 is 7.12 Å². The summed E-state index contributed by atoms with van der Waals surface area (Å²) in [5.74, 6) is -1.30. The van der Waals surface area contributed by atoms with Gasteiger partial charge in [0.25, 0.3) is 0 Å². The highest BCUT2D eigenvalue weighted by molar-refractivity contribution is 6.61. The number of rotatable bonds is 8. The van der Waals surface area contributed by atoms with Crippen LogP contribution in [0, 0.1) is 17.6 Å². The smallest absolute Gasteiger partial charge is 0.407 e. The van der Waals surface area contributed by atoms with E-state index in [1.165, 1.54) is 44.6 Å². The van der Waals surface area contributed by atoms with Crippen molar-refractivity contribution < 1.29 is 18.1 Å². The lowest BCUT2D eigenvalue weighted by Crippen LogP contribution is -2.44. The van der Waals surface area contributed by atoms with Gasteiger partial charge in [-0.15, -0.1) is 0 Å². The maximum atomic E-state index is 13.2. The quantitative estimate of drug-likeness (QED) is 0.532. The van der Waals surface area contributed by atoms with E-state index in [1.807, 2.05) is 0 Å². The molecule has 0 unspecified atom stereocenters. The Morgan fingerprint density at radius 3 is 2.36 bits per heavy atom. The molecule has 0 spiro atoms. The zero-order valence-electron chi connectivity index (χ0n) is 13.3. The van der Waals surface area contributed by atoms with E-state index in [4.69, 9.17) is 9.31 Å². The number of halogens is 2. The Labute approximate surface area is 132 Å². The number of hydrogen-bond acceptors (Lipinski definition) is 2. The maximum absolute atomic E-state index is 13.2. The van der Waals surface area contributed by atoms with E-state index in [9.17, 15) is 8.78 Å². The monoisotopic (exact) mass is 310 g/mol. The van der Waals surface area contributed by atoms with Crippen LogP contribution in [0.1, 0.15) is 51.9 Å². The predicted molar refractivity (Wildman–Crippen MR) is 85.1 cm³/mol. The van der Waals surface area contributed by atoms with E-state index in [1.54, 1.807) is 0 Å². The third-order valence-corrected chi connectivity index (χ3v) is 4.15. The Bertz CT molecular complexity index is 448. The molecule has 0 aromatic heterocycles. The lowest BCUT2D eigenvalue weighted by molar-refractivity contribution is 0.0810. The van der Waals surface area contributed by atoms with Crippen molar-refractivity contribution in [3.8, 4) is 0 Å². The van der Waals surface area contributed by atoms with Crippen molar-refractivity contribution in [2.24, 2.45) is 5.92 Å². The van der Waals surface area contributed by atoms with Crippen molar-refractivity contribution in [1.82, 2.24) is 0 Å². The zero-order chi connectivity index (χ0) is 15.8. The Kier molecular flexibility index (Phi) is 7.33. The van der Waals surface area contributed by atoms with E-state index >= 15 is 0 Å². The van der Waals surface area contributed by atoms with E-state index < -0.39 is 18.8 Å². The van der Waals surface area contributed by atoms with Crippen molar-refractivity contribution in [3.63, 3.8) is 0 Å². The molecule has 1 aromatic carbocycles. The van der Waals surface area contributed by atoms with Crippen LogP contribution in [0.15, 0.2) is 18.2 Å². The summed E-state index contributed by atoms with van der Waals surface area (Å²) < 4.78 is 37.5. The largest absolute Gasteiger partial charge is 0.493 e. The minimum absolute atomic E-state index is 0.410. The maximum Gasteiger partial charge on any atom is 0.493 e. The van der Waals surface area contributed by atoms with E-state index in [0.717, 1.165) is 18.6 Å². The van der Waals surface area contributed by atoms with E-state index in [-0.39, 0.29) is 0 Å². The van der Waals surface area contributed by atoms with Crippen molar-refractivity contribution in [3.05, 3.63) is 29.8 Å². The minimum Gasteiger partial charge on any atom is -0.407 e. The molecule has 1 fully saturated rings. The molecular weight excluding hydrogens is 285 g/mol. The molecule has 2 rings (SSSR count). The molecule has 1 aliphatic rings. The summed E-state index contributed by atoms with van der Waals surface area (Å²) in [5.41, 5.74) is 0.539. The third kappa shape index (κ3) is 5.36. The first-order valence-electron chi connectivity index (χ1n) is 8.39. The first-order valence-corrected chi connectivity index (χ1v) is 8.39. The van der Waals surface area contributed by atoms with Gasteiger partial charge in [-0.25, -0.2) is 8.78 Å². The van der Waals surface area contributed by atoms with Gasteiger partial charge in [0, 0.05) is 19.1 Å². The van der Waals surface area contributed by atoms with Crippen LogP contribution in [0.4, 0.5) is 8.78 Å². The molecule has 1 heterocycles. The van der Waals surface area contributed by atoms with Crippen molar-refractivity contribution in [1.29, 1.82) is 0 Å². The Morgan fingerprint density at radius 2 is 1.68 bits per heavy atom. The van der Waals surface area contributed by atoms with Gasteiger partial charge in [0.1, 0.15) is 0 Å². The van der Waals surface area contributed by atoms with Crippen LogP contribution in [0.25, 0.3) is 0 Å². The molecule has 0 N–H and O–H groups in total. The van der Waals surface area contributed by atoms with Crippen molar-refractivity contribution in [2.45, 2.75) is 51.9 Å². The standard InChI is InChI=1S/C17H25BF2O2/c1-2-3-4-5-6-7-8-14-12-21-18(22-13-14)15-9-10-16(19)17(20)11-15/h9-11,14H,2-8,12-13H2,1H3. The normalized spacial score (nSPS) is 16.2. The van der Waals surface area contributed by atoms with Gasteiger partial charge in [-0.3, -0.25) is 0 Å². The second kappa shape index (κ2) is 9.26. The van der Waals surface area contributed by atoms with Crippen molar-refractivity contribution >= 4 is 12.6 Å². The van der Waals surface area contributed by atoms with Crippen LogP contribution in [0.2, 0.25) is 0 Å². The number of benzene rings is 1. The fraction of sp³-hybridized carbons (Fsp3) is 0.647. The molecule has 0 saturated carbocycles. The SMILES string of the molecule is CCCCCCCCC1COB(c2ccc(F)c(F)c2)OC1. The van der Waals surface area contributed by atoms with Crippen LogP contribution in [-0.2, 0) is 9.31 Å². The molecule has 0 amide bonds. The Balaban J connectivity index is 1.66. The molecule has 0 aliphatic carbocycles. The highest BCUT2D eigenvalue weighted by atomic mass is 19.2. The van der Waals surface area contributed by atoms with Gasteiger partial charge < -0.3 is 9.31 Å². The van der Waals surface area contributed by atoms with Crippen LogP contribution in [-0.4, -0.2) is 20.3 Å². The van der Waals surface area contributed by atoms with Crippen molar-refractivity contribution in [2.75, 3.05) is 13.2 Å². The van der Waals surface area contributed by atoms with Crippen LogP contribution in [0.5, 0.6) is 0 Å². The van der Waals surface area contributed by atoms with Gasteiger partial charge in [0.15, 0.2) is 11.6 Å². The molecule has 0 bridgehead atoms. The highest BCUT2D eigenvalue weighted by Gasteiger charge is 2.29. The summed E-state index contributed by atoms with van der Waals surface area (Å²) >= 11 is 0. The summed E-state index contributed by atoms with van der Waals surface area (Å²) in [7, 11) is -0.573. The predicted octanol–water partition coefficient (Wildman–Crippen LogP) is 4.07. The first-order chi connectivity index (χ1) is 10.7. The summed E-state index contributed by atoms with van der Waals surface area (Å²) in [5, 5.41) is 0. The number of unbranched alkanes of at least 4 members (excludes halogenated alkanes) is 5. The fourth-order valence-electron chi connectivity index (χ4n) is 2.77. The van der Waals surface area contributed by atoms with E-state index in [0.29, 0.717) is 24.6 Å². The topological polar surface area (TPSA) is 18.5 Å². The molecule has 0 radical (unpaired) electrons. The molecular formula is C17H25BF2O2. The van der Waals surface area contributed by atoms with Gasteiger partial charge in [-0.2, -0.15) is 0 Å². The summed E-state index contributed by atoms with van der Waals surface area (Å²) in [4.78, 5) is 0. The fourth-order valence-corrected chi connectivity index (χ4v) is 2.77. The molecule has 122 valence electrons. The molecule has 0 atom stereocenters. The molecule has 2 nitrogen and oxygen atoms in total. The molecule has 22 heavy (non-hydrogen) atoms. The van der Waals surface area contributed by atoms with Crippen LogP contribution < -0.4 is 5.46 Å². The minimum atomic E-state index is -0.862. The summed E-state index contributed by atoms with van der Waals surface area (Å²) in [6, 6.07) is 3.77. The molecule has 1 aromatic rings. The second-order valence-corrected chi connectivity index (χ2v) is 6.09. The lowest BCUT2D eigenvalue weighted by atomic mass is 9.77. The average Bonchev–Trinajstić information content (AvgIpc) is 2.54. The van der Waals surface area contributed by atoms with E-state index in [2.05, 4.69) is 6.92 Å². The van der Waals surface area contributed by atoms with Gasteiger partial charge in [0.05, 0.1) is 0 Å². The lowest BCUT2D eigenvalue weighted by Gasteiger charge is -2.27. The summed E-state index contributed by atoms with van der Waals surface area (Å²) in [6.07, 6.45) is 8.81. The molecule has 1 saturated heterocycles. The van der Waals surface area contributed by atoms with Gasteiger partial charge in [-0.1, -0.05) is 51.5 Å².